The second-order valence-corrected chi connectivity index (χ2v) is 10.3. The van der Waals surface area contributed by atoms with E-state index < -0.39 is 0 Å². The van der Waals surface area contributed by atoms with E-state index in [0.29, 0.717) is 17.9 Å². The Balaban J connectivity index is 1.44. The fourth-order valence-electron chi connectivity index (χ4n) is 3.91. The van der Waals surface area contributed by atoms with Crippen molar-refractivity contribution in [2.45, 2.75) is 36.8 Å². The zero-order chi connectivity index (χ0) is 22.8. The number of carbonyl (C=O) groups is 1. The Labute approximate surface area is 205 Å². The minimum atomic E-state index is -0.314. The van der Waals surface area contributed by atoms with Gasteiger partial charge in [-0.1, -0.05) is 11.6 Å². The van der Waals surface area contributed by atoms with Crippen LogP contribution in [0.1, 0.15) is 40.0 Å². The molecule has 5 nitrogen and oxygen atoms in total. The molecule has 0 atom stereocenters. The van der Waals surface area contributed by atoms with E-state index in [2.05, 4.69) is 5.32 Å². The van der Waals surface area contributed by atoms with Gasteiger partial charge in [-0.15, -0.1) is 23.1 Å². The van der Waals surface area contributed by atoms with Crippen LogP contribution in [-0.4, -0.2) is 22.5 Å². The zero-order valence-electron chi connectivity index (χ0n) is 18.1. The standard InChI is InChI=1S/C25H22ClN3O2S2/c1-2-31-25(30)15-6-10-17(11-7-15)27-23-22-19-4-3-5-20(19)33-24(22)29-21(28-23)14-32-18-12-8-16(26)9-13-18/h6-13H,2-5,14H2,1H3,(H,27,28,29). The van der Waals surface area contributed by atoms with Crippen molar-refractivity contribution in [1.82, 2.24) is 9.97 Å². The summed E-state index contributed by atoms with van der Waals surface area (Å²) in [6, 6.07) is 15.1. The first-order chi connectivity index (χ1) is 16.1. The van der Waals surface area contributed by atoms with Crippen LogP contribution in [0.25, 0.3) is 10.2 Å². The number of nitrogens with one attached hydrogen (secondary N) is 1. The first-order valence-electron chi connectivity index (χ1n) is 10.8. The molecule has 5 rings (SSSR count). The molecule has 1 N–H and O–H groups in total. The van der Waals surface area contributed by atoms with Crippen molar-refractivity contribution in [2.75, 3.05) is 11.9 Å². The van der Waals surface area contributed by atoms with Crippen LogP contribution in [0.15, 0.2) is 53.4 Å². The molecule has 0 fully saturated rings. The van der Waals surface area contributed by atoms with Crippen LogP contribution >= 0.6 is 34.7 Å². The summed E-state index contributed by atoms with van der Waals surface area (Å²) in [6.07, 6.45) is 3.35. The number of aromatic nitrogens is 2. The van der Waals surface area contributed by atoms with E-state index in [9.17, 15) is 4.79 Å². The number of hydrogen-bond acceptors (Lipinski definition) is 7. The third kappa shape index (κ3) is 4.86. The van der Waals surface area contributed by atoms with Crippen LogP contribution in [0.5, 0.6) is 0 Å². The highest BCUT2D eigenvalue weighted by molar-refractivity contribution is 7.98. The predicted molar refractivity (Wildman–Crippen MR) is 136 cm³/mol. The number of fused-ring (bicyclic) bond motifs is 3. The number of anilines is 2. The summed E-state index contributed by atoms with van der Waals surface area (Å²) in [5.41, 5.74) is 2.78. The average molecular weight is 496 g/mol. The minimum Gasteiger partial charge on any atom is -0.462 e. The van der Waals surface area contributed by atoms with Gasteiger partial charge in [-0.3, -0.25) is 0 Å². The quantitative estimate of drug-likeness (QED) is 0.219. The Bertz CT molecular complexity index is 1300. The highest BCUT2D eigenvalue weighted by Gasteiger charge is 2.22. The molecule has 33 heavy (non-hydrogen) atoms. The Morgan fingerprint density at radius 1 is 1.12 bits per heavy atom. The van der Waals surface area contributed by atoms with Gasteiger partial charge in [0.05, 0.1) is 23.3 Å². The van der Waals surface area contributed by atoms with Crippen molar-refractivity contribution in [3.8, 4) is 0 Å². The first kappa shape index (κ1) is 22.2. The van der Waals surface area contributed by atoms with Crippen LogP contribution in [0.2, 0.25) is 5.02 Å². The van der Waals surface area contributed by atoms with E-state index in [-0.39, 0.29) is 5.97 Å². The molecule has 2 heterocycles. The largest absolute Gasteiger partial charge is 0.462 e. The summed E-state index contributed by atoms with van der Waals surface area (Å²) < 4.78 is 5.08. The fraction of sp³-hybridized carbons (Fsp3) is 0.240. The van der Waals surface area contributed by atoms with Crippen LogP contribution in [0.4, 0.5) is 11.5 Å². The summed E-state index contributed by atoms with van der Waals surface area (Å²) in [6.45, 7) is 2.16. The predicted octanol–water partition coefficient (Wildman–Crippen LogP) is 7.05. The number of carbonyl (C=O) groups excluding carboxylic acids is 1. The zero-order valence-corrected chi connectivity index (χ0v) is 20.4. The van der Waals surface area contributed by atoms with Crippen LogP contribution in [-0.2, 0) is 23.3 Å². The molecule has 2 aromatic carbocycles. The molecule has 8 heteroatoms. The maximum absolute atomic E-state index is 12.0. The van der Waals surface area contributed by atoms with Gasteiger partial charge in [0.1, 0.15) is 16.5 Å². The summed E-state index contributed by atoms with van der Waals surface area (Å²) in [5.74, 6) is 1.96. The van der Waals surface area contributed by atoms with Gasteiger partial charge in [0.25, 0.3) is 0 Å². The van der Waals surface area contributed by atoms with Crippen molar-refractivity contribution in [2.24, 2.45) is 0 Å². The van der Waals surface area contributed by atoms with Gasteiger partial charge >= 0.3 is 5.97 Å². The second-order valence-electron chi connectivity index (χ2n) is 7.69. The number of aryl methyl sites for hydroxylation is 2. The molecule has 0 unspecified atom stereocenters. The Morgan fingerprint density at radius 3 is 2.67 bits per heavy atom. The summed E-state index contributed by atoms with van der Waals surface area (Å²) in [4.78, 5) is 25.3. The molecule has 0 saturated carbocycles. The molecule has 4 aromatic rings. The molecule has 2 aromatic heterocycles. The normalized spacial score (nSPS) is 12.7. The topological polar surface area (TPSA) is 64.1 Å². The number of thiophene rings is 1. The molecule has 168 valence electrons. The second kappa shape index (κ2) is 9.71. The number of esters is 1. The SMILES string of the molecule is CCOC(=O)c1ccc(Nc2nc(CSc3ccc(Cl)cc3)nc3sc4c(c23)CCC4)cc1. The van der Waals surface area contributed by atoms with Crippen molar-refractivity contribution >= 4 is 62.4 Å². The van der Waals surface area contributed by atoms with Crippen molar-refractivity contribution in [1.29, 1.82) is 0 Å². The van der Waals surface area contributed by atoms with E-state index in [1.54, 1.807) is 42.2 Å². The number of ether oxygens (including phenoxy) is 1. The fourth-order valence-corrected chi connectivity index (χ4v) is 6.07. The smallest absolute Gasteiger partial charge is 0.338 e. The monoisotopic (exact) mass is 495 g/mol. The number of benzene rings is 2. The van der Waals surface area contributed by atoms with Gasteiger partial charge < -0.3 is 10.1 Å². The molecule has 0 bridgehead atoms. The van der Waals surface area contributed by atoms with Crippen molar-refractivity contribution in [3.05, 3.63) is 75.4 Å². The Hall–Kier alpha value is -2.61. The van der Waals surface area contributed by atoms with Crippen LogP contribution in [0, 0.1) is 0 Å². The maximum atomic E-state index is 12.0. The number of rotatable bonds is 7. The number of thioether (sulfide) groups is 1. The molecule has 0 saturated heterocycles. The summed E-state index contributed by atoms with van der Waals surface area (Å²) in [5, 5.41) is 5.34. The first-order valence-corrected chi connectivity index (χ1v) is 13.0. The molecular weight excluding hydrogens is 474 g/mol. The Kier molecular flexibility index (Phi) is 6.53. The lowest BCUT2D eigenvalue weighted by atomic mass is 10.1. The maximum Gasteiger partial charge on any atom is 0.338 e. The lowest BCUT2D eigenvalue weighted by molar-refractivity contribution is 0.0526. The lowest BCUT2D eigenvalue weighted by Crippen LogP contribution is -2.05. The van der Waals surface area contributed by atoms with Crippen LogP contribution in [0.3, 0.4) is 0 Å². The highest BCUT2D eigenvalue weighted by Crippen LogP contribution is 2.40. The van der Waals surface area contributed by atoms with Gasteiger partial charge in [0.2, 0.25) is 0 Å². The number of nitrogens with zero attached hydrogens (tertiary/aromatic N) is 2. The third-order valence-corrected chi connectivity index (χ3v) is 7.90. The van der Waals surface area contributed by atoms with E-state index in [1.165, 1.54) is 16.9 Å². The molecule has 0 spiro atoms. The Morgan fingerprint density at radius 2 is 1.91 bits per heavy atom. The summed E-state index contributed by atoms with van der Waals surface area (Å²) in [7, 11) is 0. The van der Waals surface area contributed by atoms with Gasteiger partial charge in [0.15, 0.2) is 0 Å². The van der Waals surface area contributed by atoms with Gasteiger partial charge in [0, 0.05) is 20.5 Å². The molecule has 1 aliphatic carbocycles. The van der Waals surface area contributed by atoms with Gasteiger partial charge in [-0.25, -0.2) is 14.8 Å². The molecule has 0 radical (unpaired) electrons. The van der Waals surface area contributed by atoms with Crippen molar-refractivity contribution < 1.29 is 9.53 Å². The van der Waals surface area contributed by atoms with Gasteiger partial charge in [-0.2, -0.15) is 0 Å². The van der Waals surface area contributed by atoms with E-state index in [4.69, 9.17) is 26.3 Å². The minimum absolute atomic E-state index is 0.314. The van der Waals surface area contributed by atoms with E-state index in [1.807, 2.05) is 36.4 Å². The van der Waals surface area contributed by atoms with E-state index >= 15 is 0 Å². The number of halogens is 1. The van der Waals surface area contributed by atoms with E-state index in [0.717, 1.165) is 50.3 Å². The van der Waals surface area contributed by atoms with Crippen molar-refractivity contribution in [3.63, 3.8) is 0 Å². The van der Waals surface area contributed by atoms with Gasteiger partial charge in [-0.05, 0) is 80.3 Å². The third-order valence-electron chi connectivity index (χ3n) is 5.45. The molecule has 0 amide bonds. The lowest BCUT2D eigenvalue weighted by Gasteiger charge is -2.11. The molecule has 1 aliphatic rings. The average Bonchev–Trinajstić information content (AvgIpc) is 3.40. The highest BCUT2D eigenvalue weighted by atomic mass is 35.5. The summed E-state index contributed by atoms with van der Waals surface area (Å²) >= 11 is 9.47. The molecule has 0 aliphatic heterocycles. The molecular formula is C25H22ClN3O2S2. The number of hydrogen-bond donors (Lipinski definition) is 1. The van der Waals surface area contributed by atoms with Crippen LogP contribution < -0.4 is 5.32 Å².